The zero-order chi connectivity index (χ0) is 13.9. The lowest BCUT2D eigenvalue weighted by Gasteiger charge is -2.05. The van der Waals surface area contributed by atoms with Gasteiger partial charge in [-0.25, -0.2) is 4.39 Å². The summed E-state index contributed by atoms with van der Waals surface area (Å²) in [6, 6.07) is 13.2. The third kappa shape index (κ3) is 2.75. The number of hydrogen-bond donors (Lipinski definition) is 1. The van der Waals surface area contributed by atoms with Crippen LogP contribution in [0.15, 0.2) is 48.5 Å². The SMILES string of the molecule is Nc1nc(-c2ccc(Oc3ccc(F)cc3)cc2)ns1. The highest BCUT2D eigenvalue weighted by Gasteiger charge is 2.05. The molecule has 0 amide bonds. The molecule has 0 saturated heterocycles. The maximum atomic E-state index is 12.8. The second kappa shape index (κ2) is 5.26. The summed E-state index contributed by atoms with van der Waals surface area (Å²) in [6.45, 7) is 0. The molecule has 2 aromatic carbocycles. The van der Waals surface area contributed by atoms with Gasteiger partial charge in [0.2, 0.25) is 0 Å². The third-order valence-electron chi connectivity index (χ3n) is 2.60. The summed E-state index contributed by atoms with van der Waals surface area (Å²) in [4.78, 5) is 4.11. The van der Waals surface area contributed by atoms with Crippen LogP contribution in [0.1, 0.15) is 0 Å². The van der Waals surface area contributed by atoms with E-state index < -0.39 is 0 Å². The number of halogens is 1. The number of aromatic nitrogens is 2. The van der Waals surface area contributed by atoms with Crippen LogP contribution < -0.4 is 10.5 Å². The standard InChI is InChI=1S/C14H10FN3OS/c15-10-3-7-12(8-4-10)19-11-5-1-9(2-6-11)13-17-14(16)20-18-13/h1-8H,(H2,16,17,18). The van der Waals surface area contributed by atoms with E-state index in [1.165, 1.54) is 12.1 Å². The van der Waals surface area contributed by atoms with Crippen molar-refractivity contribution in [2.75, 3.05) is 5.73 Å². The number of hydrogen-bond acceptors (Lipinski definition) is 5. The Balaban J connectivity index is 1.77. The van der Waals surface area contributed by atoms with E-state index in [-0.39, 0.29) is 5.82 Å². The van der Waals surface area contributed by atoms with Gasteiger partial charge >= 0.3 is 0 Å². The summed E-state index contributed by atoms with van der Waals surface area (Å²) in [7, 11) is 0. The average Bonchev–Trinajstić information content (AvgIpc) is 2.89. The Bertz CT molecular complexity index is 710. The Morgan fingerprint density at radius 2 is 1.55 bits per heavy atom. The van der Waals surface area contributed by atoms with E-state index in [2.05, 4.69) is 9.36 Å². The quantitative estimate of drug-likeness (QED) is 0.797. The van der Waals surface area contributed by atoms with Crippen molar-refractivity contribution in [2.45, 2.75) is 0 Å². The van der Waals surface area contributed by atoms with Gasteiger partial charge in [-0.2, -0.15) is 9.36 Å². The second-order valence-corrected chi connectivity index (χ2v) is 4.82. The van der Waals surface area contributed by atoms with Gasteiger partial charge < -0.3 is 10.5 Å². The topological polar surface area (TPSA) is 61.0 Å². The van der Waals surface area contributed by atoms with Crippen LogP contribution >= 0.6 is 11.5 Å². The summed E-state index contributed by atoms with van der Waals surface area (Å²) in [5.41, 5.74) is 6.41. The van der Waals surface area contributed by atoms with Gasteiger partial charge in [0, 0.05) is 17.1 Å². The molecule has 0 aliphatic heterocycles. The minimum absolute atomic E-state index is 0.292. The number of ether oxygens (including phenoxy) is 1. The van der Waals surface area contributed by atoms with Gasteiger partial charge in [0.15, 0.2) is 11.0 Å². The van der Waals surface area contributed by atoms with E-state index in [1.54, 1.807) is 24.3 Å². The van der Waals surface area contributed by atoms with Crippen LogP contribution in [0.5, 0.6) is 11.5 Å². The molecule has 0 radical (unpaired) electrons. The fraction of sp³-hybridized carbons (Fsp3) is 0. The fourth-order valence-electron chi connectivity index (χ4n) is 1.66. The van der Waals surface area contributed by atoms with Crippen molar-refractivity contribution >= 4 is 16.7 Å². The molecule has 3 rings (SSSR count). The van der Waals surface area contributed by atoms with Crippen LogP contribution in [0, 0.1) is 5.82 Å². The molecule has 6 heteroatoms. The first-order chi connectivity index (χ1) is 9.70. The molecule has 2 N–H and O–H groups in total. The fourth-order valence-corrected chi connectivity index (χ4v) is 2.12. The predicted octanol–water partition coefficient (Wildman–Crippen LogP) is 3.72. The number of nitrogen functional groups attached to an aromatic ring is 1. The van der Waals surface area contributed by atoms with Gasteiger partial charge in [0.05, 0.1) is 0 Å². The molecule has 0 fully saturated rings. The van der Waals surface area contributed by atoms with Gasteiger partial charge in [-0.05, 0) is 48.5 Å². The van der Waals surface area contributed by atoms with Crippen molar-refractivity contribution in [3.63, 3.8) is 0 Å². The highest BCUT2D eigenvalue weighted by molar-refractivity contribution is 7.09. The monoisotopic (exact) mass is 287 g/mol. The van der Waals surface area contributed by atoms with Gasteiger partial charge in [0.25, 0.3) is 0 Å². The van der Waals surface area contributed by atoms with E-state index in [0.29, 0.717) is 22.5 Å². The summed E-state index contributed by atoms with van der Waals surface area (Å²) in [5.74, 6) is 1.54. The number of nitrogens with zero attached hydrogens (tertiary/aromatic N) is 2. The number of nitrogens with two attached hydrogens (primary N) is 1. The maximum absolute atomic E-state index is 12.8. The van der Waals surface area contributed by atoms with Crippen molar-refractivity contribution in [1.29, 1.82) is 0 Å². The van der Waals surface area contributed by atoms with E-state index in [9.17, 15) is 4.39 Å². The lowest BCUT2D eigenvalue weighted by molar-refractivity contribution is 0.480. The van der Waals surface area contributed by atoms with Crippen molar-refractivity contribution in [1.82, 2.24) is 9.36 Å². The van der Waals surface area contributed by atoms with Gasteiger partial charge in [0.1, 0.15) is 17.3 Å². The number of rotatable bonds is 3. The molecule has 100 valence electrons. The number of anilines is 1. The molecule has 3 aromatic rings. The van der Waals surface area contributed by atoms with Crippen molar-refractivity contribution in [2.24, 2.45) is 0 Å². The van der Waals surface area contributed by atoms with Crippen molar-refractivity contribution in [3.05, 3.63) is 54.3 Å². The normalized spacial score (nSPS) is 10.4. The molecule has 0 unspecified atom stereocenters. The van der Waals surface area contributed by atoms with Crippen LogP contribution in [0.2, 0.25) is 0 Å². The minimum Gasteiger partial charge on any atom is -0.457 e. The minimum atomic E-state index is -0.292. The first-order valence-corrected chi connectivity index (χ1v) is 6.61. The van der Waals surface area contributed by atoms with Crippen molar-refractivity contribution < 1.29 is 9.13 Å². The Kier molecular flexibility index (Phi) is 3.30. The molecule has 0 aliphatic carbocycles. The van der Waals surface area contributed by atoms with Gasteiger partial charge in [-0.3, -0.25) is 0 Å². The van der Waals surface area contributed by atoms with E-state index in [4.69, 9.17) is 10.5 Å². The third-order valence-corrected chi connectivity index (χ3v) is 3.15. The Morgan fingerprint density at radius 1 is 0.950 bits per heavy atom. The summed E-state index contributed by atoms with van der Waals surface area (Å²) >= 11 is 1.16. The average molecular weight is 287 g/mol. The van der Waals surface area contributed by atoms with E-state index in [1.807, 2.05) is 12.1 Å². The molecule has 20 heavy (non-hydrogen) atoms. The zero-order valence-corrected chi connectivity index (χ0v) is 11.1. The number of benzene rings is 2. The highest BCUT2D eigenvalue weighted by Crippen LogP contribution is 2.25. The van der Waals surface area contributed by atoms with Crippen LogP contribution in [0.3, 0.4) is 0 Å². The van der Waals surface area contributed by atoms with Crippen molar-refractivity contribution in [3.8, 4) is 22.9 Å². The Morgan fingerprint density at radius 3 is 2.10 bits per heavy atom. The Hall–Kier alpha value is -2.47. The molecule has 0 atom stereocenters. The van der Waals surface area contributed by atoms with Crippen LogP contribution in [0.25, 0.3) is 11.4 Å². The molecule has 0 spiro atoms. The first kappa shape index (κ1) is 12.6. The lowest BCUT2D eigenvalue weighted by atomic mass is 10.2. The molecule has 0 saturated carbocycles. The van der Waals surface area contributed by atoms with Crippen LogP contribution in [-0.2, 0) is 0 Å². The zero-order valence-electron chi connectivity index (χ0n) is 10.3. The largest absolute Gasteiger partial charge is 0.457 e. The lowest BCUT2D eigenvalue weighted by Crippen LogP contribution is -1.86. The molecule has 4 nitrogen and oxygen atoms in total. The van der Waals surface area contributed by atoms with E-state index in [0.717, 1.165) is 17.1 Å². The van der Waals surface area contributed by atoms with Gasteiger partial charge in [-0.15, -0.1) is 0 Å². The molecular weight excluding hydrogens is 277 g/mol. The predicted molar refractivity (Wildman–Crippen MR) is 76.2 cm³/mol. The molecule has 0 bridgehead atoms. The van der Waals surface area contributed by atoms with Crippen LogP contribution in [-0.4, -0.2) is 9.36 Å². The molecular formula is C14H10FN3OS. The summed E-state index contributed by atoms with van der Waals surface area (Å²) < 4.78 is 22.5. The smallest absolute Gasteiger partial charge is 0.200 e. The van der Waals surface area contributed by atoms with E-state index >= 15 is 0 Å². The maximum Gasteiger partial charge on any atom is 0.200 e. The summed E-state index contributed by atoms with van der Waals surface area (Å²) in [5, 5.41) is 0.437. The molecule has 1 aromatic heterocycles. The summed E-state index contributed by atoms with van der Waals surface area (Å²) in [6.07, 6.45) is 0. The second-order valence-electron chi connectivity index (χ2n) is 4.04. The molecule has 1 heterocycles. The highest BCUT2D eigenvalue weighted by atomic mass is 32.1. The molecule has 0 aliphatic rings. The van der Waals surface area contributed by atoms with Crippen LogP contribution in [0.4, 0.5) is 9.52 Å². The first-order valence-electron chi connectivity index (χ1n) is 5.84. The van der Waals surface area contributed by atoms with Gasteiger partial charge in [-0.1, -0.05) is 0 Å². The Labute approximate surface area is 118 Å².